The zero-order valence-corrected chi connectivity index (χ0v) is 14.7. The fraction of sp³-hybridized carbons (Fsp3) is 0.286. The van der Waals surface area contributed by atoms with E-state index in [1.54, 1.807) is 0 Å². The zero-order valence-electron chi connectivity index (χ0n) is 14.7. The van der Waals surface area contributed by atoms with Crippen molar-refractivity contribution in [2.24, 2.45) is 0 Å². The van der Waals surface area contributed by atoms with E-state index in [1.807, 2.05) is 24.3 Å². The van der Waals surface area contributed by atoms with Gasteiger partial charge >= 0.3 is 0 Å². The van der Waals surface area contributed by atoms with E-state index < -0.39 is 0 Å². The van der Waals surface area contributed by atoms with Gasteiger partial charge < -0.3 is 9.30 Å². The Hall–Kier alpha value is -2.79. The minimum absolute atomic E-state index is 0.213. The molecule has 4 aromatic rings. The number of hydrogen-bond acceptors (Lipinski definition) is 4. The van der Waals surface area contributed by atoms with Crippen LogP contribution in [0.2, 0.25) is 0 Å². The van der Waals surface area contributed by atoms with Crippen LogP contribution in [-0.2, 0) is 11.3 Å². The number of aromatic nitrogens is 4. The molecule has 0 bridgehead atoms. The molecule has 0 radical (unpaired) electrons. The summed E-state index contributed by atoms with van der Waals surface area (Å²) >= 11 is 0. The molecule has 1 fully saturated rings. The van der Waals surface area contributed by atoms with E-state index in [4.69, 9.17) is 19.7 Å². The maximum atomic E-state index is 5.88. The number of hydrogen-bond donors (Lipinski definition) is 0. The maximum Gasteiger partial charge on any atom is 0.198 e. The van der Waals surface area contributed by atoms with Crippen molar-refractivity contribution in [2.75, 3.05) is 6.61 Å². The van der Waals surface area contributed by atoms with E-state index in [2.05, 4.69) is 35.8 Å². The Kier molecular flexibility index (Phi) is 3.68. The third-order valence-electron chi connectivity index (χ3n) is 4.98. The third kappa shape index (κ3) is 2.65. The van der Waals surface area contributed by atoms with Crippen LogP contribution < -0.4 is 0 Å². The molecule has 5 nitrogen and oxygen atoms in total. The predicted molar refractivity (Wildman–Crippen MR) is 102 cm³/mol. The number of fused-ring (bicyclic) bond motifs is 2. The van der Waals surface area contributed by atoms with Crippen LogP contribution in [0.25, 0.3) is 33.7 Å². The van der Waals surface area contributed by atoms with E-state index >= 15 is 0 Å². The van der Waals surface area contributed by atoms with Gasteiger partial charge in [-0.25, -0.2) is 15.0 Å². The Balaban J connectivity index is 1.72. The van der Waals surface area contributed by atoms with Crippen LogP contribution in [0.5, 0.6) is 0 Å². The molecule has 1 unspecified atom stereocenters. The van der Waals surface area contributed by atoms with Crippen molar-refractivity contribution >= 4 is 22.3 Å². The Labute approximate surface area is 151 Å². The molecule has 3 heterocycles. The molecule has 2 aromatic heterocycles. The highest BCUT2D eigenvalue weighted by atomic mass is 16.5. The van der Waals surface area contributed by atoms with Crippen molar-refractivity contribution in [1.29, 1.82) is 0 Å². The monoisotopic (exact) mass is 344 g/mol. The minimum Gasteiger partial charge on any atom is -0.376 e. The minimum atomic E-state index is 0.213. The smallest absolute Gasteiger partial charge is 0.198 e. The van der Waals surface area contributed by atoms with Crippen molar-refractivity contribution in [3.05, 3.63) is 54.1 Å². The molecule has 5 rings (SSSR count). The number of rotatable bonds is 3. The highest BCUT2D eigenvalue weighted by molar-refractivity contribution is 5.84. The summed E-state index contributed by atoms with van der Waals surface area (Å²) in [5.41, 5.74) is 5.60. The van der Waals surface area contributed by atoms with Gasteiger partial charge in [0.1, 0.15) is 5.82 Å². The lowest BCUT2D eigenvalue weighted by atomic mass is 10.1. The van der Waals surface area contributed by atoms with Crippen LogP contribution >= 0.6 is 0 Å². The number of nitrogens with zero attached hydrogens (tertiary/aromatic N) is 4. The molecule has 26 heavy (non-hydrogen) atoms. The molecule has 0 amide bonds. The first-order valence-electron chi connectivity index (χ1n) is 9.09. The Morgan fingerprint density at radius 2 is 1.77 bits per heavy atom. The largest absolute Gasteiger partial charge is 0.376 e. The number of imidazole rings is 1. The normalized spacial score (nSPS) is 17.3. The van der Waals surface area contributed by atoms with Gasteiger partial charge in [-0.3, -0.25) is 0 Å². The van der Waals surface area contributed by atoms with Crippen LogP contribution in [0.15, 0.2) is 48.5 Å². The molecular formula is C21H20N4O. The molecule has 0 spiro atoms. The molecule has 0 aliphatic carbocycles. The van der Waals surface area contributed by atoms with Crippen LogP contribution in [0.4, 0.5) is 0 Å². The molecule has 1 aliphatic heterocycles. The Morgan fingerprint density at radius 1 is 1.00 bits per heavy atom. The van der Waals surface area contributed by atoms with Gasteiger partial charge in [-0.1, -0.05) is 42.0 Å². The molecular weight excluding hydrogens is 324 g/mol. The first-order chi connectivity index (χ1) is 12.8. The summed E-state index contributed by atoms with van der Waals surface area (Å²) in [6.45, 7) is 3.69. The lowest BCUT2D eigenvalue weighted by Gasteiger charge is -2.14. The average Bonchev–Trinajstić information content (AvgIpc) is 3.29. The molecule has 1 aliphatic rings. The standard InChI is InChI=1S/C21H20N4O/c1-14-8-10-15(11-9-14)20-24-19-21(25(20)13-16-5-4-12-26-16)23-18-7-3-2-6-17(18)22-19/h2-3,6-11,16H,4-5,12-13H2,1H3. The lowest BCUT2D eigenvalue weighted by Crippen LogP contribution is -2.16. The number of para-hydroxylation sites is 2. The van der Waals surface area contributed by atoms with Crippen molar-refractivity contribution < 1.29 is 4.74 Å². The van der Waals surface area contributed by atoms with Gasteiger partial charge in [-0.2, -0.15) is 0 Å². The summed E-state index contributed by atoms with van der Waals surface area (Å²) in [5, 5.41) is 0. The van der Waals surface area contributed by atoms with Crippen molar-refractivity contribution in [1.82, 2.24) is 19.5 Å². The van der Waals surface area contributed by atoms with E-state index in [1.165, 1.54) is 5.56 Å². The summed E-state index contributed by atoms with van der Waals surface area (Å²) in [6.07, 6.45) is 2.41. The Morgan fingerprint density at radius 3 is 2.50 bits per heavy atom. The van der Waals surface area contributed by atoms with Crippen LogP contribution in [-0.4, -0.2) is 32.2 Å². The summed E-state index contributed by atoms with van der Waals surface area (Å²) < 4.78 is 8.05. The van der Waals surface area contributed by atoms with Crippen molar-refractivity contribution in [2.45, 2.75) is 32.4 Å². The lowest BCUT2D eigenvalue weighted by molar-refractivity contribution is 0.0981. The number of benzene rings is 2. The average molecular weight is 344 g/mol. The summed E-state index contributed by atoms with van der Waals surface area (Å²) in [5.74, 6) is 0.908. The second-order valence-electron chi connectivity index (χ2n) is 6.91. The fourth-order valence-corrected chi connectivity index (χ4v) is 3.59. The van der Waals surface area contributed by atoms with Gasteiger partial charge in [0, 0.05) is 12.2 Å². The molecule has 2 aromatic carbocycles. The van der Waals surface area contributed by atoms with Crippen LogP contribution in [0, 0.1) is 6.92 Å². The quantitative estimate of drug-likeness (QED) is 0.561. The second-order valence-corrected chi connectivity index (χ2v) is 6.91. The predicted octanol–water partition coefficient (Wildman–Crippen LogP) is 4.13. The van der Waals surface area contributed by atoms with E-state index in [0.717, 1.165) is 54.1 Å². The van der Waals surface area contributed by atoms with Gasteiger partial charge in [0.2, 0.25) is 0 Å². The molecule has 0 saturated carbocycles. The summed E-state index contributed by atoms with van der Waals surface area (Å²) in [7, 11) is 0. The first-order valence-corrected chi connectivity index (χ1v) is 9.09. The highest BCUT2D eigenvalue weighted by Crippen LogP contribution is 2.27. The van der Waals surface area contributed by atoms with E-state index in [9.17, 15) is 0 Å². The third-order valence-corrected chi connectivity index (χ3v) is 4.98. The molecule has 5 heteroatoms. The van der Waals surface area contributed by atoms with Gasteiger partial charge in [0.25, 0.3) is 0 Å². The number of aryl methyl sites for hydroxylation is 1. The van der Waals surface area contributed by atoms with Crippen molar-refractivity contribution in [3.8, 4) is 11.4 Å². The van der Waals surface area contributed by atoms with Crippen LogP contribution in [0.3, 0.4) is 0 Å². The van der Waals surface area contributed by atoms with Gasteiger partial charge in [-0.05, 0) is 31.9 Å². The highest BCUT2D eigenvalue weighted by Gasteiger charge is 2.22. The van der Waals surface area contributed by atoms with Gasteiger partial charge in [0.05, 0.1) is 23.7 Å². The van der Waals surface area contributed by atoms with E-state index in [-0.39, 0.29) is 6.10 Å². The number of ether oxygens (including phenoxy) is 1. The summed E-state index contributed by atoms with van der Waals surface area (Å²) in [4.78, 5) is 14.4. The fourth-order valence-electron chi connectivity index (χ4n) is 3.59. The SMILES string of the molecule is Cc1ccc(-c2nc3nc4ccccc4nc3n2CC2CCCO2)cc1. The summed E-state index contributed by atoms with van der Waals surface area (Å²) in [6, 6.07) is 16.4. The van der Waals surface area contributed by atoms with Crippen LogP contribution in [0.1, 0.15) is 18.4 Å². The zero-order chi connectivity index (χ0) is 17.5. The van der Waals surface area contributed by atoms with Gasteiger partial charge in [0.15, 0.2) is 11.3 Å². The molecule has 130 valence electrons. The second kappa shape index (κ2) is 6.18. The Bertz CT molecular complexity index is 1080. The molecule has 1 atom stereocenters. The van der Waals surface area contributed by atoms with Crippen molar-refractivity contribution in [3.63, 3.8) is 0 Å². The van der Waals surface area contributed by atoms with E-state index in [0.29, 0.717) is 5.65 Å². The molecule has 0 N–H and O–H groups in total. The topological polar surface area (TPSA) is 52.8 Å². The maximum absolute atomic E-state index is 5.88. The van der Waals surface area contributed by atoms with Gasteiger partial charge in [-0.15, -0.1) is 0 Å². The molecule has 1 saturated heterocycles. The first kappa shape index (κ1) is 15.5.